The van der Waals surface area contributed by atoms with Crippen molar-refractivity contribution >= 4 is 23.5 Å². The van der Waals surface area contributed by atoms with Crippen molar-refractivity contribution in [3.63, 3.8) is 0 Å². The van der Waals surface area contributed by atoms with E-state index < -0.39 is 17.7 Å². The molecule has 4 nitrogen and oxygen atoms in total. The maximum atomic E-state index is 12.9. The van der Waals surface area contributed by atoms with E-state index in [9.17, 15) is 13.6 Å². The summed E-state index contributed by atoms with van der Waals surface area (Å²) < 4.78 is 25.9. The van der Waals surface area contributed by atoms with Gasteiger partial charge in [0.2, 0.25) is 0 Å². The zero-order valence-corrected chi connectivity index (χ0v) is 11.3. The van der Waals surface area contributed by atoms with Crippen LogP contribution in [-0.4, -0.2) is 35.8 Å². The first kappa shape index (κ1) is 15.7. The Kier molecular flexibility index (Phi) is 6.58. The molecule has 7 heteroatoms. The summed E-state index contributed by atoms with van der Waals surface area (Å²) in [4.78, 5) is 11.6. The number of anilines is 1. The minimum atomic E-state index is -0.758. The van der Waals surface area contributed by atoms with Gasteiger partial charge in [0, 0.05) is 30.2 Å². The van der Waals surface area contributed by atoms with Crippen LogP contribution >= 0.6 is 11.8 Å². The van der Waals surface area contributed by atoms with E-state index in [4.69, 9.17) is 5.11 Å². The Labute approximate surface area is 114 Å². The Morgan fingerprint density at radius 3 is 2.53 bits per heavy atom. The van der Waals surface area contributed by atoms with Gasteiger partial charge in [0.15, 0.2) is 0 Å². The Bertz CT molecular complexity index is 406. The molecule has 0 radical (unpaired) electrons. The van der Waals surface area contributed by atoms with E-state index in [-0.39, 0.29) is 18.3 Å². The first-order valence-electron chi connectivity index (χ1n) is 5.68. The number of aliphatic hydroxyl groups excluding tert-OH is 1. The van der Waals surface area contributed by atoms with E-state index in [0.29, 0.717) is 12.2 Å². The number of nitrogens with one attached hydrogen (secondary N) is 2. The number of halogens is 2. The van der Waals surface area contributed by atoms with Crippen LogP contribution < -0.4 is 10.6 Å². The van der Waals surface area contributed by atoms with Crippen LogP contribution in [0.1, 0.15) is 6.42 Å². The second kappa shape index (κ2) is 7.96. The van der Waals surface area contributed by atoms with Crippen LogP contribution in [0.15, 0.2) is 18.2 Å². The number of carbonyl (C=O) groups is 1. The van der Waals surface area contributed by atoms with Crippen LogP contribution in [-0.2, 0) is 0 Å². The molecule has 1 aromatic carbocycles. The molecule has 0 saturated heterocycles. The molecule has 0 aliphatic rings. The van der Waals surface area contributed by atoms with Gasteiger partial charge in [0.1, 0.15) is 11.6 Å². The summed E-state index contributed by atoms with van der Waals surface area (Å²) in [5.74, 6) is -0.872. The zero-order valence-electron chi connectivity index (χ0n) is 10.5. The van der Waals surface area contributed by atoms with Crippen molar-refractivity contribution < 1.29 is 18.7 Å². The van der Waals surface area contributed by atoms with Gasteiger partial charge in [-0.2, -0.15) is 11.8 Å². The van der Waals surface area contributed by atoms with Crippen LogP contribution in [0, 0.1) is 11.6 Å². The summed E-state index contributed by atoms with van der Waals surface area (Å²) in [7, 11) is 0. The van der Waals surface area contributed by atoms with E-state index in [1.807, 2.05) is 6.26 Å². The van der Waals surface area contributed by atoms with Gasteiger partial charge in [0.05, 0.1) is 0 Å². The number of hydrogen-bond donors (Lipinski definition) is 3. The molecule has 19 heavy (non-hydrogen) atoms. The summed E-state index contributed by atoms with van der Waals surface area (Å²) in [5.41, 5.74) is 0.0434. The third-order valence-electron chi connectivity index (χ3n) is 2.30. The summed E-state index contributed by atoms with van der Waals surface area (Å²) in [5, 5.41) is 13.8. The number of thioether (sulfide) groups is 1. The van der Waals surface area contributed by atoms with Crippen molar-refractivity contribution in [1.29, 1.82) is 0 Å². The molecule has 0 aliphatic heterocycles. The van der Waals surface area contributed by atoms with E-state index in [2.05, 4.69) is 10.6 Å². The van der Waals surface area contributed by atoms with Crippen LogP contribution in [0.25, 0.3) is 0 Å². The van der Waals surface area contributed by atoms with Gasteiger partial charge in [0.25, 0.3) is 0 Å². The molecule has 0 heterocycles. The van der Waals surface area contributed by atoms with E-state index in [1.165, 1.54) is 11.8 Å². The van der Waals surface area contributed by atoms with E-state index in [0.717, 1.165) is 18.2 Å². The van der Waals surface area contributed by atoms with Crippen LogP contribution in [0.3, 0.4) is 0 Å². The summed E-state index contributed by atoms with van der Waals surface area (Å²) in [6.07, 6.45) is 2.30. The van der Waals surface area contributed by atoms with Gasteiger partial charge in [-0.1, -0.05) is 0 Å². The first-order chi connectivity index (χ1) is 9.05. The van der Waals surface area contributed by atoms with Crippen LogP contribution in [0.2, 0.25) is 0 Å². The molecule has 1 atom stereocenters. The van der Waals surface area contributed by atoms with E-state index in [1.54, 1.807) is 0 Å². The van der Waals surface area contributed by atoms with Gasteiger partial charge in [-0.25, -0.2) is 13.6 Å². The lowest BCUT2D eigenvalue weighted by atomic mass is 10.2. The van der Waals surface area contributed by atoms with Gasteiger partial charge < -0.3 is 15.7 Å². The molecule has 0 bridgehead atoms. The normalized spacial score (nSPS) is 12.0. The monoisotopic (exact) mass is 290 g/mol. The predicted octanol–water partition coefficient (Wildman–Crippen LogP) is 2.20. The number of benzene rings is 1. The molecule has 1 rings (SSSR count). The lowest BCUT2D eigenvalue weighted by molar-refractivity contribution is 0.241. The molecule has 106 valence electrons. The molecule has 3 N–H and O–H groups in total. The fraction of sp³-hybridized carbons (Fsp3) is 0.417. The highest BCUT2D eigenvalue weighted by atomic mass is 32.2. The van der Waals surface area contributed by atoms with Crippen molar-refractivity contribution in [2.45, 2.75) is 12.5 Å². The molecule has 0 unspecified atom stereocenters. The van der Waals surface area contributed by atoms with Crippen molar-refractivity contribution in [1.82, 2.24) is 5.32 Å². The summed E-state index contributed by atoms with van der Waals surface area (Å²) in [6.45, 7) is -0.0416. The third kappa shape index (κ3) is 5.89. The van der Waals surface area contributed by atoms with Gasteiger partial charge >= 0.3 is 6.03 Å². The Balaban J connectivity index is 2.58. The maximum Gasteiger partial charge on any atom is 0.319 e. The molecule has 0 aromatic heterocycles. The second-order valence-electron chi connectivity index (χ2n) is 3.92. The fourth-order valence-corrected chi connectivity index (χ4v) is 2.19. The molecule has 0 spiro atoms. The smallest absolute Gasteiger partial charge is 0.319 e. The highest BCUT2D eigenvalue weighted by molar-refractivity contribution is 7.98. The quantitative estimate of drug-likeness (QED) is 0.752. The summed E-state index contributed by atoms with van der Waals surface area (Å²) in [6, 6.07) is 2.03. The SMILES string of the molecule is CSC[C@@H](CCO)NC(=O)Nc1cc(F)cc(F)c1. The number of rotatable bonds is 6. The largest absolute Gasteiger partial charge is 0.396 e. The fourth-order valence-electron chi connectivity index (χ4n) is 1.53. The minimum Gasteiger partial charge on any atom is -0.396 e. The Morgan fingerprint density at radius 1 is 1.37 bits per heavy atom. The number of aliphatic hydroxyl groups is 1. The van der Waals surface area contributed by atoms with Crippen molar-refractivity contribution in [3.8, 4) is 0 Å². The highest BCUT2D eigenvalue weighted by Crippen LogP contribution is 2.12. The van der Waals surface area contributed by atoms with E-state index >= 15 is 0 Å². The standard InChI is InChI=1S/C12H16F2N2O2S/c1-19-7-10(2-3-17)15-12(18)16-11-5-8(13)4-9(14)6-11/h4-6,10,17H,2-3,7H2,1H3,(H2,15,16,18)/t10-/m1/s1. The highest BCUT2D eigenvalue weighted by Gasteiger charge is 2.12. The number of amides is 2. The van der Waals surface area contributed by atoms with Crippen molar-refractivity contribution in [2.75, 3.05) is 23.9 Å². The summed E-state index contributed by atoms with van der Waals surface area (Å²) >= 11 is 1.53. The lowest BCUT2D eigenvalue weighted by Crippen LogP contribution is -2.40. The first-order valence-corrected chi connectivity index (χ1v) is 7.08. The average molecular weight is 290 g/mol. The molecule has 1 aromatic rings. The van der Waals surface area contributed by atoms with Crippen molar-refractivity contribution in [3.05, 3.63) is 29.8 Å². The maximum absolute atomic E-state index is 12.9. The van der Waals surface area contributed by atoms with Gasteiger partial charge in [-0.05, 0) is 24.8 Å². The Morgan fingerprint density at radius 2 is 2.00 bits per heavy atom. The zero-order chi connectivity index (χ0) is 14.3. The number of urea groups is 1. The third-order valence-corrected chi connectivity index (χ3v) is 3.04. The topological polar surface area (TPSA) is 61.4 Å². The van der Waals surface area contributed by atoms with Crippen LogP contribution in [0.4, 0.5) is 19.3 Å². The molecular formula is C12H16F2N2O2S. The number of carbonyl (C=O) groups excluding carboxylic acids is 1. The van der Waals surface area contributed by atoms with Crippen LogP contribution in [0.5, 0.6) is 0 Å². The molecule has 0 fully saturated rings. The Hall–Kier alpha value is -1.34. The molecular weight excluding hydrogens is 274 g/mol. The number of hydrogen-bond acceptors (Lipinski definition) is 3. The molecule has 0 saturated carbocycles. The minimum absolute atomic E-state index is 0.0416. The lowest BCUT2D eigenvalue weighted by Gasteiger charge is -2.17. The molecule has 0 aliphatic carbocycles. The van der Waals surface area contributed by atoms with Gasteiger partial charge in [-0.3, -0.25) is 0 Å². The predicted molar refractivity (Wildman–Crippen MR) is 72.4 cm³/mol. The van der Waals surface area contributed by atoms with Gasteiger partial charge in [-0.15, -0.1) is 0 Å². The van der Waals surface area contributed by atoms with Crippen molar-refractivity contribution in [2.24, 2.45) is 0 Å². The average Bonchev–Trinajstić information content (AvgIpc) is 2.27. The molecule has 2 amide bonds. The second-order valence-corrected chi connectivity index (χ2v) is 4.83.